The maximum atomic E-state index is 15.1. The fourth-order valence-electron chi connectivity index (χ4n) is 4.04. The summed E-state index contributed by atoms with van der Waals surface area (Å²) in [5.41, 5.74) is -2.71. The number of rotatable bonds is 4. The third-order valence-corrected chi connectivity index (χ3v) is 6.06. The van der Waals surface area contributed by atoms with E-state index in [2.05, 4.69) is 27.0 Å². The molecule has 1 aliphatic carbocycles. The lowest BCUT2D eigenvalue weighted by Crippen LogP contribution is -2.26. The Balaban J connectivity index is 1.72. The molecule has 0 radical (unpaired) electrons. The first kappa shape index (κ1) is 24.7. The number of aromatic nitrogens is 4. The average Bonchev–Trinajstić information content (AvgIpc) is 3.54. The summed E-state index contributed by atoms with van der Waals surface area (Å²) in [6.45, 7) is 0.383. The van der Waals surface area contributed by atoms with Gasteiger partial charge in [-0.05, 0) is 50.1 Å². The predicted octanol–water partition coefficient (Wildman–Crippen LogP) is 6.10. The Hall–Kier alpha value is -3.95. The number of fused-ring (bicyclic) bond motifs is 3. The van der Waals surface area contributed by atoms with Crippen molar-refractivity contribution in [3.05, 3.63) is 59.2 Å². The van der Waals surface area contributed by atoms with Crippen LogP contribution >= 0.6 is 0 Å². The molecular formula is C24H15F8N5. The van der Waals surface area contributed by atoms with E-state index in [1.54, 1.807) is 0 Å². The lowest BCUT2D eigenvalue weighted by molar-refractivity contribution is -0.168. The van der Waals surface area contributed by atoms with Gasteiger partial charge in [0.2, 0.25) is 0 Å². The topological polar surface area (TPSA) is 46.3 Å². The van der Waals surface area contributed by atoms with E-state index in [4.69, 9.17) is 0 Å². The quantitative estimate of drug-likeness (QED) is 0.239. The standard InChI is InChI=1S/C24H15F8N5/c1-12-34-35-22-33-21(19-17(37(12)22)3-2-16(26)20(19)29)36(11-18(27)28)15-9-13(8-14(25)10-15)4-5-23(6-7-23)24(30,31)32/h2-3,8-10,18H,6-7,11H2,1H3. The Kier molecular flexibility index (Phi) is 5.73. The van der Waals surface area contributed by atoms with Gasteiger partial charge in [0.05, 0.1) is 17.4 Å². The zero-order chi connectivity index (χ0) is 26.7. The minimum absolute atomic E-state index is 0.0120. The molecule has 0 atom stereocenters. The number of benzene rings is 2. The van der Waals surface area contributed by atoms with Gasteiger partial charge in [0, 0.05) is 11.3 Å². The summed E-state index contributed by atoms with van der Waals surface area (Å²) in [5, 5.41) is 7.16. The summed E-state index contributed by atoms with van der Waals surface area (Å²) in [6, 6.07) is 4.77. The first-order chi connectivity index (χ1) is 17.4. The molecule has 4 aromatic rings. The second-order valence-corrected chi connectivity index (χ2v) is 8.60. The molecule has 13 heteroatoms. The van der Waals surface area contributed by atoms with Crippen molar-refractivity contribution in [3.63, 3.8) is 0 Å². The third-order valence-electron chi connectivity index (χ3n) is 6.06. The molecule has 2 aromatic carbocycles. The number of anilines is 2. The second-order valence-electron chi connectivity index (χ2n) is 8.60. The molecule has 0 spiro atoms. The molecule has 192 valence electrons. The van der Waals surface area contributed by atoms with Gasteiger partial charge < -0.3 is 4.90 Å². The van der Waals surface area contributed by atoms with Crippen molar-refractivity contribution >= 4 is 28.2 Å². The maximum absolute atomic E-state index is 15.1. The smallest absolute Gasteiger partial charge is 0.320 e. The molecule has 2 heterocycles. The van der Waals surface area contributed by atoms with Gasteiger partial charge in [-0.15, -0.1) is 10.2 Å². The highest BCUT2D eigenvalue weighted by Gasteiger charge is 2.62. The molecule has 5 rings (SSSR count). The van der Waals surface area contributed by atoms with Gasteiger partial charge in [0.1, 0.15) is 22.9 Å². The monoisotopic (exact) mass is 525 g/mol. The third kappa shape index (κ3) is 4.30. The molecule has 1 saturated carbocycles. The molecule has 0 N–H and O–H groups in total. The van der Waals surface area contributed by atoms with E-state index >= 15 is 4.39 Å². The van der Waals surface area contributed by atoms with E-state index in [-0.39, 0.29) is 41.2 Å². The normalized spacial score (nSPS) is 14.8. The molecule has 0 unspecified atom stereocenters. The van der Waals surface area contributed by atoms with Crippen LogP contribution < -0.4 is 4.90 Å². The lowest BCUT2D eigenvalue weighted by Gasteiger charge is -2.25. The Labute approximate surface area is 203 Å². The van der Waals surface area contributed by atoms with Crippen molar-refractivity contribution in [2.45, 2.75) is 32.4 Å². The highest BCUT2D eigenvalue weighted by Crippen LogP contribution is 2.57. The number of nitrogens with zero attached hydrogens (tertiary/aromatic N) is 5. The van der Waals surface area contributed by atoms with Gasteiger partial charge in [-0.2, -0.15) is 18.2 Å². The Bertz CT molecular complexity index is 1590. The van der Waals surface area contributed by atoms with E-state index in [0.29, 0.717) is 0 Å². The first-order valence-corrected chi connectivity index (χ1v) is 10.9. The van der Waals surface area contributed by atoms with Gasteiger partial charge >= 0.3 is 6.18 Å². The number of aryl methyl sites for hydroxylation is 1. The number of hydrogen-bond donors (Lipinski definition) is 0. The van der Waals surface area contributed by atoms with Gasteiger partial charge in [-0.3, -0.25) is 4.40 Å². The molecule has 37 heavy (non-hydrogen) atoms. The van der Waals surface area contributed by atoms with Gasteiger partial charge in [0.15, 0.2) is 11.6 Å². The maximum Gasteiger partial charge on any atom is 0.405 e. The van der Waals surface area contributed by atoms with Gasteiger partial charge in [0.25, 0.3) is 12.2 Å². The summed E-state index contributed by atoms with van der Waals surface area (Å²) in [4.78, 5) is 4.85. The Morgan fingerprint density at radius 2 is 1.81 bits per heavy atom. The van der Waals surface area contributed by atoms with Crippen LogP contribution in [0.15, 0.2) is 30.3 Å². The summed E-state index contributed by atoms with van der Waals surface area (Å²) in [7, 11) is 0. The average molecular weight is 525 g/mol. The minimum Gasteiger partial charge on any atom is -0.320 e. The van der Waals surface area contributed by atoms with Crippen molar-refractivity contribution < 1.29 is 35.1 Å². The van der Waals surface area contributed by atoms with Crippen LogP contribution in [0.5, 0.6) is 0 Å². The van der Waals surface area contributed by atoms with Gasteiger partial charge in [-0.1, -0.05) is 11.8 Å². The molecule has 1 aliphatic rings. The first-order valence-electron chi connectivity index (χ1n) is 10.9. The molecule has 5 nitrogen and oxygen atoms in total. The van der Waals surface area contributed by atoms with E-state index in [1.807, 2.05) is 0 Å². The number of hydrogen-bond acceptors (Lipinski definition) is 4. The van der Waals surface area contributed by atoms with Crippen molar-refractivity contribution in [3.8, 4) is 11.8 Å². The van der Waals surface area contributed by atoms with Crippen molar-refractivity contribution in [2.24, 2.45) is 5.41 Å². The van der Waals surface area contributed by atoms with Crippen LogP contribution in [-0.2, 0) is 0 Å². The van der Waals surface area contributed by atoms with Crippen LogP contribution in [0.3, 0.4) is 0 Å². The van der Waals surface area contributed by atoms with Crippen LogP contribution in [0.4, 0.5) is 46.6 Å². The van der Waals surface area contributed by atoms with Crippen LogP contribution in [0.2, 0.25) is 0 Å². The molecule has 0 bridgehead atoms. The SMILES string of the molecule is Cc1nnc2nc(N(CC(F)F)c3cc(F)cc(C#CC4(C(F)(F)F)CC4)c3)c3c(F)c(F)ccc3n12. The van der Waals surface area contributed by atoms with E-state index in [9.17, 15) is 30.7 Å². The summed E-state index contributed by atoms with van der Waals surface area (Å²) in [6.07, 6.45) is -8.04. The highest BCUT2D eigenvalue weighted by atomic mass is 19.4. The molecule has 1 fully saturated rings. The lowest BCUT2D eigenvalue weighted by atomic mass is 10.1. The predicted molar refractivity (Wildman–Crippen MR) is 117 cm³/mol. The van der Waals surface area contributed by atoms with Crippen molar-refractivity contribution in [2.75, 3.05) is 11.4 Å². The summed E-state index contributed by atoms with van der Waals surface area (Å²) in [5.74, 6) is 0.348. The zero-order valence-corrected chi connectivity index (χ0v) is 18.8. The van der Waals surface area contributed by atoms with Crippen LogP contribution in [-0.4, -0.2) is 38.7 Å². The number of halogens is 8. The highest BCUT2D eigenvalue weighted by molar-refractivity contribution is 5.94. The molecule has 2 aromatic heterocycles. The summed E-state index contributed by atoms with van der Waals surface area (Å²) >= 11 is 0. The van der Waals surface area contributed by atoms with E-state index in [1.165, 1.54) is 17.4 Å². The van der Waals surface area contributed by atoms with Crippen LogP contribution in [0, 0.1) is 41.6 Å². The zero-order valence-electron chi connectivity index (χ0n) is 18.8. The van der Waals surface area contributed by atoms with Gasteiger partial charge in [-0.25, -0.2) is 22.0 Å². The summed E-state index contributed by atoms with van der Waals surface area (Å²) < 4.78 is 112. The van der Waals surface area contributed by atoms with E-state index < -0.39 is 53.2 Å². The second kappa shape index (κ2) is 8.57. The van der Waals surface area contributed by atoms with Crippen molar-refractivity contribution in [1.82, 2.24) is 19.6 Å². The molecule has 0 aliphatic heterocycles. The fraction of sp³-hybridized carbons (Fsp3) is 0.292. The Morgan fingerprint density at radius 1 is 1.08 bits per heavy atom. The van der Waals surface area contributed by atoms with Crippen molar-refractivity contribution in [1.29, 1.82) is 0 Å². The largest absolute Gasteiger partial charge is 0.405 e. The minimum atomic E-state index is -4.58. The van der Waals surface area contributed by atoms with Crippen LogP contribution in [0.1, 0.15) is 24.2 Å². The molecule has 0 saturated heterocycles. The molecular weight excluding hydrogens is 510 g/mol. The fourth-order valence-corrected chi connectivity index (χ4v) is 4.04. The Morgan fingerprint density at radius 3 is 2.46 bits per heavy atom. The molecule has 0 amide bonds. The number of alkyl halides is 5. The van der Waals surface area contributed by atoms with Crippen LogP contribution in [0.25, 0.3) is 16.7 Å². The van der Waals surface area contributed by atoms with E-state index in [0.717, 1.165) is 29.2 Å².